The van der Waals surface area contributed by atoms with Crippen LogP contribution in [0.1, 0.15) is 30.4 Å². The number of amides is 1. The molecule has 0 aliphatic carbocycles. The highest BCUT2D eigenvalue weighted by Crippen LogP contribution is 2.28. The SMILES string of the molecule is CCN(c1ccc(NC(=O)c2sccc2S(=O)(=O)N2CCSCC2)cc1)C(C)C. The van der Waals surface area contributed by atoms with Crippen molar-refractivity contribution in [3.63, 3.8) is 0 Å². The van der Waals surface area contributed by atoms with E-state index in [0.29, 0.717) is 24.8 Å². The average Bonchev–Trinajstić information content (AvgIpc) is 3.21. The zero-order chi connectivity index (χ0) is 21.0. The van der Waals surface area contributed by atoms with Crippen LogP contribution in [0.4, 0.5) is 11.4 Å². The normalized spacial score (nSPS) is 15.4. The highest BCUT2D eigenvalue weighted by molar-refractivity contribution is 7.99. The summed E-state index contributed by atoms with van der Waals surface area (Å²) < 4.78 is 27.4. The molecule has 1 aliphatic heterocycles. The second-order valence-electron chi connectivity index (χ2n) is 7.01. The van der Waals surface area contributed by atoms with Gasteiger partial charge in [0.2, 0.25) is 10.0 Å². The van der Waals surface area contributed by atoms with Crippen LogP contribution in [0.3, 0.4) is 0 Å². The van der Waals surface area contributed by atoms with E-state index in [4.69, 9.17) is 0 Å². The number of anilines is 2. The van der Waals surface area contributed by atoms with E-state index < -0.39 is 15.9 Å². The third kappa shape index (κ3) is 4.96. The number of hydrogen-bond donors (Lipinski definition) is 1. The molecule has 9 heteroatoms. The first-order valence-corrected chi connectivity index (χ1v) is 13.2. The Hall–Kier alpha value is -1.55. The number of carbonyl (C=O) groups is 1. The van der Waals surface area contributed by atoms with Crippen LogP contribution in [0.15, 0.2) is 40.6 Å². The summed E-state index contributed by atoms with van der Waals surface area (Å²) in [5, 5.41) is 4.50. The van der Waals surface area contributed by atoms with Crippen molar-refractivity contribution in [3.8, 4) is 0 Å². The highest BCUT2D eigenvalue weighted by Gasteiger charge is 2.31. The lowest BCUT2D eigenvalue weighted by Gasteiger charge is -2.27. The van der Waals surface area contributed by atoms with Gasteiger partial charge in [0.25, 0.3) is 5.91 Å². The Bertz CT molecular complexity index is 933. The predicted octanol–water partition coefficient (Wildman–Crippen LogP) is 3.97. The van der Waals surface area contributed by atoms with Gasteiger partial charge in [-0.1, -0.05) is 0 Å². The van der Waals surface area contributed by atoms with Crippen LogP contribution in [0, 0.1) is 0 Å². The molecule has 3 rings (SSSR count). The lowest BCUT2D eigenvalue weighted by atomic mass is 10.2. The Kier molecular flexibility index (Phi) is 7.26. The minimum atomic E-state index is -3.65. The van der Waals surface area contributed by atoms with Crippen molar-refractivity contribution in [3.05, 3.63) is 40.6 Å². The Balaban J connectivity index is 1.76. The molecule has 0 radical (unpaired) electrons. The monoisotopic (exact) mass is 453 g/mol. The summed E-state index contributed by atoms with van der Waals surface area (Å²) in [4.78, 5) is 15.4. The third-order valence-corrected chi connectivity index (χ3v) is 8.77. The summed E-state index contributed by atoms with van der Waals surface area (Å²) in [6, 6.07) is 9.55. The molecular formula is C20H27N3O3S3. The van der Waals surface area contributed by atoms with E-state index in [0.717, 1.165) is 35.1 Å². The van der Waals surface area contributed by atoms with Crippen molar-refractivity contribution < 1.29 is 13.2 Å². The van der Waals surface area contributed by atoms with Crippen molar-refractivity contribution in [1.29, 1.82) is 0 Å². The lowest BCUT2D eigenvalue weighted by Crippen LogP contribution is -2.38. The van der Waals surface area contributed by atoms with Crippen LogP contribution in [0.5, 0.6) is 0 Å². The molecule has 6 nitrogen and oxygen atoms in total. The van der Waals surface area contributed by atoms with E-state index in [2.05, 4.69) is 31.0 Å². The van der Waals surface area contributed by atoms with Crippen LogP contribution in [-0.2, 0) is 10.0 Å². The minimum Gasteiger partial charge on any atom is -0.369 e. The first-order valence-electron chi connectivity index (χ1n) is 9.68. The number of thiophene rings is 1. The van der Waals surface area contributed by atoms with Crippen LogP contribution < -0.4 is 10.2 Å². The van der Waals surface area contributed by atoms with Crippen LogP contribution >= 0.6 is 23.1 Å². The molecule has 0 atom stereocenters. The van der Waals surface area contributed by atoms with Gasteiger partial charge in [0.15, 0.2) is 0 Å². The molecule has 158 valence electrons. The molecule has 1 saturated heterocycles. The summed E-state index contributed by atoms with van der Waals surface area (Å²) >= 11 is 2.90. The van der Waals surface area contributed by atoms with Crippen molar-refractivity contribution in [2.45, 2.75) is 31.7 Å². The van der Waals surface area contributed by atoms with E-state index in [9.17, 15) is 13.2 Å². The number of thioether (sulfide) groups is 1. The maximum atomic E-state index is 13.0. The van der Waals surface area contributed by atoms with Gasteiger partial charge in [-0.05, 0) is 56.5 Å². The summed E-state index contributed by atoms with van der Waals surface area (Å²) in [5.74, 6) is 1.17. The molecule has 2 aromatic rings. The summed E-state index contributed by atoms with van der Waals surface area (Å²) in [6.07, 6.45) is 0. The number of benzene rings is 1. The lowest BCUT2D eigenvalue weighted by molar-refractivity contribution is 0.102. The van der Waals surface area contributed by atoms with Gasteiger partial charge < -0.3 is 10.2 Å². The molecule has 1 aromatic carbocycles. The molecule has 1 aliphatic rings. The first-order chi connectivity index (χ1) is 13.8. The first kappa shape index (κ1) is 22.1. The second-order valence-corrected chi connectivity index (χ2v) is 11.1. The van der Waals surface area contributed by atoms with Crippen LogP contribution in [0.2, 0.25) is 0 Å². The Morgan fingerprint density at radius 3 is 2.41 bits per heavy atom. The van der Waals surface area contributed by atoms with Gasteiger partial charge in [0, 0.05) is 48.6 Å². The predicted molar refractivity (Wildman–Crippen MR) is 123 cm³/mol. The van der Waals surface area contributed by atoms with Gasteiger partial charge in [0.1, 0.15) is 9.77 Å². The average molecular weight is 454 g/mol. The van der Waals surface area contributed by atoms with Crippen molar-refractivity contribution in [1.82, 2.24) is 4.31 Å². The maximum Gasteiger partial charge on any atom is 0.267 e. The minimum absolute atomic E-state index is 0.0977. The summed E-state index contributed by atoms with van der Waals surface area (Å²) in [7, 11) is -3.65. The van der Waals surface area contributed by atoms with E-state index >= 15 is 0 Å². The van der Waals surface area contributed by atoms with Gasteiger partial charge in [-0.25, -0.2) is 8.42 Å². The van der Waals surface area contributed by atoms with E-state index in [-0.39, 0.29) is 9.77 Å². The molecule has 0 spiro atoms. The van der Waals surface area contributed by atoms with Crippen LogP contribution in [0.25, 0.3) is 0 Å². The Morgan fingerprint density at radius 1 is 1.17 bits per heavy atom. The zero-order valence-electron chi connectivity index (χ0n) is 16.9. The summed E-state index contributed by atoms with van der Waals surface area (Å²) in [6.45, 7) is 8.24. The van der Waals surface area contributed by atoms with Crippen molar-refractivity contribution >= 4 is 50.4 Å². The number of sulfonamides is 1. The van der Waals surface area contributed by atoms with Gasteiger partial charge in [-0.2, -0.15) is 16.1 Å². The Morgan fingerprint density at radius 2 is 1.83 bits per heavy atom. The van der Waals surface area contributed by atoms with Gasteiger partial charge in [0.05, 0.1) is 0 Å². The number of nitrogens with zero attached hydrogens (tertiary/aromatic N) is 2. The van der Waals surface area contributed by atoms with Gasteiger partial charge in [-0.3, -0.25) is 4.79 Å². The van der Waals surface area contributed by atoms with Gasteiger partial charge in [-0.15, -0.1) is 11.3 Å². The Labute approximate surface area is 181 Å². The standard InChI is InChI=1S/C20H27N3O3S3/c1-4-23(15(2)3)17-7-5-16(6-8-17)21-20(24)19-18(9-12-28-19)29(25,26)22-10-13-27-14-11-22/h5-9,12,15H,4,10-11,13-14H2,1-3H3,(H,21,24). The highest BCUT2D eigenvalue weighted by atomic mass is 32.2. The van der Waals surface area contributed by atoms with E-state index in [1.165, 1.54) is 10.4 Å². The topological polar surface area (TPSA) is 69.7 Å². The van der Waals surface area contributed by atoms with Crippen molar-refractivity contribution in [2.24, 2.45) is 0 Å². The molecule has 0 saturated carbocycles. The zero-order valence-corrected chi connectivity index (χ0v) is 19.4. The fourth-order valence-corrected chi connectivity index (χ4v) is 7.23. The molecule has 0 unspecified atom stereocenters. The third-order valence-electron chi connectivity index (χ3n) is 4.84. The smallest absolute Gasteiger partial charge is 0.267 e. The quantitative estimate of drug-likeness (QED) is 0.687. The molecular weight excluding hydrogens is 426 g/mol. The molecule has 29 heavy (non-hydrogen) atoms. The fourth-order valence-electron chi connectivity index (χ4n) is 3.36. The second kappa shape index (κ2) is 9.51. The molecule has 0 bridgehead atoms. The summed E-state index contributed by atoms with van der Waals surface area (Å²) in [5.41, 5.74) is 1.73. The molecule has 1 aromatic heterocycles. The fraction of sp³-hybridized carbons (Fsp3) is 0.450. The maximum absolute atomic E-state index is 13.0. The van der Waals surface area contributed by atoms with E-state index in [1.807, 2.05) is 24.3 Å². The molecule has 1 N–H and O–H groups in total. The molecule has 2 heterocycles. The number of nitrogens with one attached hydrogen (secondary N) is 1. The van der Waals surface area contributed by atoms with Gasteiger partial charge >= 0.3 is 0 Å². The number of rotatable bonds is 7. The van der Waals surface area contributed by atoms with E-state index in [1.54, 1.807) is 17.1 Å². The molecule has 1 fully saturated rings. The molecule has 1 amide bonds. The largest absolute Gasteiger partial charge is 0.369 e. The number of hydrogen-bond acceptors (Lipinski definition) is 6. The number of carbonyl (C=O) groups excluding carboxylic acids is 1. The van der Waals surface area contributed by atoms with Crippen LogP contribution in [-0.4, -0.2) is 55.8 Å². The van der Waals surface area contributed by atoms with Crippen molar-refractivity contribution in [2.75, 3.05) is 41.4 Å².